The van der Waals surface area contributed by atoms with Crippen molar-refractivity contribution in [3.8, 4) is 28.4 Å². The fraction of sp³-hybridized carbons (Fsp3) is 0.400. The lowest BCUT2D eigenvalue weighted by atomic mass is 9.90. The molecule has 0 bridgehead atoms. The number of aromatic hydroxyl groups is 2. The summed E-state index contributed by atoms with van der Waals surface area (Å²) >= 11 is 0. The van der Waals surface area contributed by atoms with Gasteiger partial charge in [0.05, 0.1) is 26.9 Å². The van der Waals surface area contributed by atoms with Gasteiger partial charge < -0.3 is 24.4 Å². The molecule has 0 fully saturated rings. The first-order valence-corrected chi connectivity index (χ1v) is 8.31. The molecule has 0 aliphatic heterocycles. The number of methoxy groups -OCH3 is 2. The van der Waals surface area contributed by atoms with E-state index < -0.39 is 0 Å². The van der Waals surface area contributed by atoms with Gasteiger partial charge >= 0.3 is 0 Å². The van der Waals surface area contributed by atoms with E-state index >= 15 is 0 Å². The van der Waals surface area contributed by atoms with Gasteiger partial charge in [-0.25, -0.2) is 0 Å². The minimum Gasteiger partial charge on any atom is -0.508 e. The van der Waals surface area contributed by atoms with Crippen molar-refractivity contribution in [2.24, 2.45) is 0 Å². The number of phenolic OH excluding ortho intramolecular Hbond substituents is 2. The molecule has 0 saturated heterocycles. The fourth-order valence-electron chi connectivity index (χ4n) is 2.86. The summed E-state index contributed by atoms with van der Waals surface area (Å²) in [6.07, 6.45) is 1.21. The van der Waals surface area contributed by atoms with Crippen LogP contribution in [0.1, 0.15) is 18.1 Å². The van der Waals surface area contributed by atoms with Crippen LogP contribution in [0.5, 0.6) is 17.2 Å². The van der Waals surface area contributed by atoms with Crippen LogP contribution >= 0.6 is 0 Å². The number of hydrogen-bond donors (Lipinski definition) is 2. The van der Waals surface area contributed by atoms with Crippen molar-refractivity contribution >= 4 is 0 Å². The van der Waals surface area contributed by atoms with Gasteiger partial charge in [0.1, 0.15) is 17.2 Å². The zero-order chi connectivity index (χ0) is 18.2. The second kappa shape index (κ2) is 9.30. The molecule has 25 heavy (non-hydrogen) atoms. The Morgan fingerprint density at radius 1 is 1.00 bits per heavy atom. The SMILES string of the molecule is CCc1c(O)cc(O)c(-c2[c]ccc(OC)c2)c1CCOCCOC. The smallest absolute Gasteiger partial charge is 0.127 e. The molecule has 5 heteroatoms. The molecule has 2 N–H and O–H groups in total. The van der Waals surface area contributed by atoms with E-state index in [2.05, 4.69) is 6.07 Å². The van der Waals surface area contributed by atoms with Crippen LogP contribution < -0.4 is 4.74 Å². The van der Waals surface area contributed by atoms with Crippen LogP contribution in [0, 0.1) is 6.07 Å². The lowest BCUT2D eigenvalue weighted by Crippen LogP contribution is -2.07. The largest absolute Gasteiger partial charge is 0.508 e. The van der Waals surface area contributed by atoms with Crippen LogP contribution in [0.2, 0.25) is 0 Å². The zero-order valence-corrected chi connectivity index (χ0v) is 15.0. The lowest BCUT2D eigenvalue weighted by Gasteiger charge is -2.18. The maximum Gasteiger partial charge on any atom is 0.127 e. The Labute approximate surface area is 148 Å². The van der Waals surface area contributed by atoms with Crippen molar-refractivity contribution in [2.75, 3.05) is 34.0 Å². The summed E-state index contributed by atoms with van der Waals surface area (Å²) in [5.74, 6) is 0.797. The predicted molar refractivity (Wildman–Crippen MR) is 96.4 cm³/mol. The molecule has 2 rings (SSSR count). The van der Waals surface area contributed by atoms with Crippen LogP contribution in [-0.4, -0.2) is 44.3 Å². The van der Waals surface area contributed by atoms with E-state index in [0.29, 0.717) is 44.0 Å². The summed E-state index contributed by atoms with van der Waals surface area (Å²) in [6, 6.07) is 9.90. The van der Waals surface area contributed by atoms with Crippen molar-refractivity contribution in [1.29, 1.82) is 0 Å². The molecule has 0 spiro atoms. The van der Waals surface area contributed by atoms with Crippen molar-refractivity contribution < 1.29 is 24.4 Å². The van der Waals surface area contributed by atoms with Gasteiger partial charge in [-0.1, -0.05) is 13.0 Å². The summed E-state index contributed by atoms with van der Waals surface area (Å²) < 4.78 is 15.8. The van der Waals surface area contributed by atoms with E-state index in [1.165, 1.54) is 6.07 Å². The molecule has 2 aromatic rings. The highest BCUT2D eigenvalue weighted by Crippen LogP contribution is 2.40. The Bertz CT molecular complexity index is 697. The Balaban J connectivity index is 2.42. The van der Waals surface area contributed by atoms with Crippen LogP contribution in [0.25, 0.3) is 11.1 Å². The number of benzene rings is 2. The van der Waals surface area contributed by atoms with Gasteiger partial charge in [0.25, 0.3) is 0 Å². The second-order valence-electron chi connectivity index (χ2n) is 5.60. The number of ether oxygens (including phenoxy) is 3. The van der Waals surface area contributed by atoms with Gasteiger partial charge in [-0.3, -0.25) is 0 Å². The molecule has 0 heterocycles. The Hall–Kier alpha value is -2.24. The summed E-state index contributed by atoms with van der Waals surface area (Å²) in [7, 11) is 3.22. The van der Waals surface area contributed by atoms with E-state index in [4.69, 9.17) is 14.2 Å². The molecular weight excluding hydrogens is 320 g/mol. The van der Waals surface area contributed by atoms with E-state index in [9.17, 15) is 10.2 Å². The number of rotatable bonds is 9. The van der Waals surface area contributed by atoms with Gasteiger partial charge in [-0.2, -0.15) is 0 Å². The minimum absolute atomic E-state index is 0.0195. The van der Waals surface area contributed by atoms with E-state index in [-0.39, 0.29) is 11.5 Å². The molecule has 0 atom stereocenters. The van der Waals surface area contributed by atoms with Crippen molar-refractivity contribution in [1.82, 2.24) is 0 Å². The van der Waals surface area contributed by atoms with Gasteiger partial charge in [0.2, 0.25) is 0 Å². The second-order valence-corrected chi connectivity index (χ2v) is 5.60. The average Bonchev–Trinajstić information content (AvgIpc) is 2.61. The number of hydrogen-bond acceptors (Lipinski definition) is 5. The van der Waals surface area contributed by atoms with Crippen molar-refractivity contribution in [3.63, 3.8) is 0 Å². The highest BCUT2D eigenvalue weighted by Gasteiger charge is 2.18. The Kier molecular flexibility index (Phi) is 7.10. The summed E-state index contributed by atoms with van der Waals surface area (Å²) in [5.41, 5.74) is 3.05. The first kappa shape index (κ1) is 19.1. The van der Waals surface area contributed by atoms with Gasteiger partial charge in [0.15, 0.2) is 0 Å². The predicted octanol–water partition coefficient (Wildman–Crippen LogP) is 3.34. The molecule has 5 nitrogen and oxygen atoms in total. The normalized spacial score (nSPS) is 10.8. The Morgan fingerprint density at radius 3 is 2.48 bits per heavy atom. The first-order valence-electron chi connectivity index (χ1n) is 8.31. The maximum absolute atomic E-state index is 10.5. The third kappa shape index (κ3) is 4.65. The molecule has 0 unspecified atom stereocenters. The quantitative estimate of drug-likeness (QED) is 0.682. The number of phenols is 2. The average molecular weight is 345 g/mol. The monoisotopic (exact) mass is 345 g/mol. The summed E-state index contributed by atoms with van der Waals surface area (Å²) in [4.78, 5) is 0. The van der Waals surface area contributed by atoms with E-state index in [1.807, 2.05) is 13.0 Å². The van der Waals surface area contributed by atoms with E-state index in [0.717, 1.165) is 16.7 Å². The van der Waals surface area contributed by atoms with Crippen molar-refractivity contribution in [3.05, 3.63) is 41.5 Å². The minimum atomic E-state index is 0.0195. The highest BCUT2D eigenvalue weighted by molar-refractivity contribution is 5.77. The highest BCUT2D eigenvalue weighted by atomic mass is 16.5. The topological polar surface area (TPSA) is 68.2 Å². The van der Waals surface area contributed by atoms with Gasteiger partial charge in [-0.05, 0) is 47.7 Å². The molecule has 0 aliphatic rings. The fourth-order valence-corrected chi connectivity index (χ4v) is 2.86. The molecule has 0 amide bonds. The Morgan fingerprint density at radius 2 is 1.80 bits per heavy atom. The first-order chi connectivity index (χ1) is 12.1. The third-order valence-corrected chi connectivity index (χ3v) is 4.06. The van der Waals surface area contributed by atoms with E-state index in [1.54, 1.807) is 26.4 Å². The van der Waals surface area contributed by atoms with Crippen LogP contribution in [0.3, 0.4) is 0 Å². The standard InChI is InChI=1S/C20H25O5/c1-4-16-17(8-9-25-11-10-23-2)20(19(22)13-18(16)21)14-6-5-7-15(12-14)24-3/h5,7,12-13,21-22H,4,8-11H2,1-3H3. The molecule has 0 aromatic heterocycles. The third-order valence-electron chi connectivity index (χ3n) is 4.06. The molecule has 135 valence electrons. The lowest BCUT2D eigenvalue weighted by molar-refractivity contribution is 0.0722. The van der Waals surface area contributed by atoms with Crippen LogP contribution in [0.15, 0.2) is 24.3 Å². The summed E-state index contributed by atoms with van der Waals surface area (Å²) in [5, 5.41) is 20.7. The zero-order valence-electron chi connectivity index (χ0n) is 15.0. The van der Waals surface area contributed by atoms with Gasteiger partial charge in [-0.15, -0.1) is 0 Å². The molecule has 1 radical (unpaired) electrons. The van der Waals surface area contributed by atoms with Crippen LogP contribution in [-0.2, 0) is 22.3 Å². The molecule has 2 aromatic carbocycles. The molecule has 0 saturated carbocycles. The molecular formula is C20H25O5. The van der Waals surface area contributed by atoms with Crippen LogP contribution in [0.4, 0.5) is 0 Å². The summed E-state index contributed by atoms with van der Waals surface area (Å²) in [6.45, 7) is 3.47. The van der Waals surface area contributed by atoms with Crippen molar-refractivity contribution in [2.45, 2.75) is 19.8 Å². The maximum atomic E-state index is 10.5. The van der Waals surface area contributed by atoms with Gasteiger partial charge in [0, 0.05) is 18.7 Å². The molecule has 0 aliphatic carbocycles.